The second kappa shape index (κ2) is 4.63. The first-order chi connectivity index (χ1) is 7.29. The Kier molecular flexibility index (Phi) is 3.66. The number of alkyl halides is 3. The molecule has 0 spiro atoms. The van der Waals surface area contributed by atoms with Crippen molar-refractivity contribution in [2.45, 2.75) is 12.6 Å². The number of benzene rings is 1. The zero-order valence-electron chi connectivity index (χ0n) is 7.84. The topological polar surface area (TPSA) is 12.0 Å². The van der Waals surface area contributed by atoms with Crippen molar-refractivity contribution in [3.05, 3.63) is 29.6 Å². The number of nitrogens with one attached hydrogen (secondary N) is 1. The standard InChI is InChI=1S/C9H7F6N/c10-5-3-7(12)8(4-6(5)11)16-2-1-9(13,14)15/h3-4,16H,1-2H2. The second-order valence-electron chi connectivity index (χ2n) is 3.04. The predicted molar refractivity (Wildman–Crippen MR) is 45.5 cm³/mol. The Morgan fingerprint density at radius 2 is 1.50 bits per heavy atom. The molecule has 1 rings (SSSR count). The van der Waals surface area contributed by atoms with E-state index in [-0.39, 0.29) is 6.07 Å². The Balaban J connectivity index is 2.64. The third-order valence-corrected chi connectivity index (χ3v) is 1.73. The average Bonchev–Trinajstić information content (AvgIpc) is 2.11. The minimum absolute atomic E-state index is 0.269. The van der Waals surface area contributed by atoms with Gasteiger partial charge < -0.3 is 5.32 Å². The van der Waals surface area contributed by atoms with Gasteiger partial charge in [0.25, 0.3) is 0 Å². The third kappa shape index (κ3) is 3.63. The molecule has 0 aliphatic heterocycles. The summed E-state index contributed by atoms with van der Waals surface area (Å²) in [7, 11) is 0. The van der Waals surface area contributed by atoms with Crippen LogP contribution >= 0.6 is 0 Å². The summed E-state index contributed by atoms with van der Waals surface area (Å²) in [5, 5.41) is 2.04. The minimum atomic E-state index is -4.39. The lowest BCUT2D eigenvalue weighted by Gasteiger charge is -2.09. The van der Waals surface area contributed by atoms with Crippen molar-refractivity contribution in [3.63, 3.8) is 0 Å². The molecule has 0 radical (unpaired) electrons. The molecular weight excluding hydrogens is 236 g/mol. The number of anilines is 1. The summed E-state index contributed by atoms with van der Waals surface area (Å²) in [5.74, 6) is -3.85. The smallest absolute Gasteiger partial charge is 0.382 e. The van der Waals surface area contributed by atoms with Crippen LogP contribution in [-0.2, 0) is 0 Å². The van der Waals surface area contributed by atoms with Gasteiger partial charge in [0.15, 0.2) is 11.6 Å². The fourth-order valence-corrected chi connectivity index (χ4v) is 0.997. The number of hydrogen-bond donors (Lipinski definition) is 1. The quantitative estimate of drug-likeness (QED) is 0.633. The van der Waals surface area contributed by atoms with Crippen molar-refractivity contribution in [1.29, 1.82) is 0 Å². The Morgan fingerprint density at radius 1 is 0.938 bits per heavy atom. The molecule has 90 valence electrons. The van der Waals surface area contributed by atoms with Crippen LogP contribution < -0.4 is 5.32 Å². The summed E-state index contributed by atoms with van der Waals surface area (Å²) >= 11 is 0. The van der Waals surface area contributed by atoms with Gasteiger partial charge in [0.2, 0.25) is 0 Å². The molecule has 0 bridgehead atoms. The fourth-order valence-electron chi connectivity index (χ4n) is 0.997. The van der Waals surface area contributed by atoms with Gasteiger partial charge in [-0.2, -0.15) is 13.2 Å². The molecule has 7 heteroatoms. The maximum absolute atomic E-state index is 12.9. The number of rotatable bonds is 3. The minimum Gasteiger partial charge on any atom is -0.382 e. The molecular formula is C9H7F6N. The highest BCUT2D eigenvalue weighted by Crippen LogP contribution is 2.21. The summed E-state index contributed by atoms with van der Waals surface area (Å²) in [6.45, 7) is -0.606. The van der Waals surface area contributed by atoms with E-state index in [0.717, 1.165) is 0 Å². The van der Waals surface area contributed by atoms with Crippen LogP contribution in [0.25, 0.3) is 0 Å². The molecule has 0 unspecified atom stereocenters. The molecule has 0 aliphatic carbocycles. The van der Waals surface area contributed by atoms with Crippen LogP contribution in [0.4, 0.5) is 32.0 Å². The van der Waals surface area contributed by atoms with Crippen molar-refractivity contribution in [3.8, 4) is 0 Å². The fraction of sp³-hybridized carbons (Fsp3) is 0.333. The van der Waals surface area contributed by atoms with Crippen LogP contribution in [-0.4, -0.2) is 12.7 Å². The van der Waals surface area contributed by atoms with Gasteiger partial charge in [-0.1, -0.05) is 0 Å². The summed E-state index contributed by atoms with van der Waals surface area (Å²) < 4.78 is 73.2. The van der Waals surface area contributed by atoms with Crippen LogP contribution in [0.15, 0.2) is 12.1 Å². The first-order valence-electron chi connectivity index (χ1n) is 4.25. The van der Waals surface area contributed by atoms with Crippen LogP contribution in [0.5, 0.6) is 0 Å². The highest BCUT2D eigenvalue weighted by atomic mass is 19.4. The van der Waals surface area contributed by atoms with Crippen LogP contribution in [0.3, 0.4) is 0 Å². The Morgan fingerprint density at radius 3 is 2.06 bits per heavy atom. The largest absolute Gasteiger partial charge is 0.390 e. The lowest BCUT2D eigenvalue weighted by atomic mass is 10.2. The lowest BCUT2D eigenvalue weighted by molar-refractivity contribution is -0.131. The molecule has 0 aromatic heterocycles. The number of hydrogen-bond acceptors (Lipinski definition) is 1. The Hall–Kier alpha value is -1.40. The van der Waals surface area contributed by atoms with E-state index >= 15 is 0 Å². The van der Waals surface area contributed by atoms with E-state index in [4.69, 9.17) is 0 Å². The average molecular weight is 243 g/mol. The predicted octanol–water partition coefficient (Wildman–Crippen LogP) is 3.47. The molecule has 0 aliphatic rings. The van der Waals surface area contributed by atoms with E-state index in [2.05, 4.69) is 0 Å². The van der Waals surface area contributed by atoms with Gasteiger partial charge in [0.05, 0.1) is 12.1 Å². The highest BCUT2D eigenvalue weighted by Gasteiger charge is 2.26. The van der Waals surface area contributed by atoms with Gasteiger partial charge >= 0.3 is 6.18 Å². The zero-order valence-corrected chi connectivity index (χ0v) is 7.84. The molecule has 1 nitrogen and oxygen atoms in total. The van der Waals surface area contributed by atoms with E-state index in [9.17, 15) is 26.3 Å². The molecule has 0 amide bonds. The summed E-state index contributed by atoms with van der Waals surface area (Å²) in [6, 6.07) is 0.742. The van der Waals surface area contributed by atoms with Gasteiger partial charge in [-0.15, -0.1) is 0 Å². The van der Waals surface area contributed by atoms with Gasteiger partial charge in [0.1, 0.15) is 5.82 Å². The van der Waals surface area contributed by atoms with E-state index in [1.807, 2.05) is 5.32 Å². The maximum Gasteiger partial charge on any atom is 0.390 e. The Bertz CT molecular complexity index is 373. The van der Waals surface area contributed by atoms with Crippen molar-refractivity contribution in [1.82, 2.24) is 0 Å². The molecule has 0 saturated heterocycles. The maximum atomic E-state index is 12.9. The summed E-state index contributed by atoms with van der Waals surface area (Å²) in [5.41, 5.74) is -0.497. The Labute approximate surface area is 87.1 Å². The van der Waals surface area contributed by atoms with Gasteiger partial charge in [-0.3, -0.25) is 0 Å². The van der Waals surface area contributed by atoms with E-state index in [0.29, 0.717) is 6.07 Å². The highest BCUT2D eigenvalue weighted by molar-refractivity contribution is 5.45. The summed E-state index contributed by atoms with van der Waals surface area (Å²) in [4.78, 5) is 0. The molecule has 1 aromatic carbocycles. The first-order valence-corrected chi connectivity index (χ1v) is 4.25. The molecule has 0 fully saturated rings. The first kappa shape index (κ1) is 12.7. The van der Waals surface area contributed by atoms with Crippen LogP contribution in [0.1, 0.15) is 6.42 Å². The van der Waals surface area contributed by atoms with Crippen molar-refractivity contribution in [2.75, 3.05) is 11.9 Å². The molecule has 0 heterocycles. The summed E-state index contributed by atoms with van der Waals surface area (Å²) in [6.07, 6.45) is -5.58. The third-order valence-electron chi connectivity index (χ3n) is 1.73. The van der Waals surface area contributed by atoms with Crippen molar-refractivity contribution < 1.29 is 26.3 Å². The lowest BCUT2D eigenvalue weighted by Crippen LogP contribution is -2.15. The number of halogens is 6. The van der Waals surface area contributed by atoms with Gasteiger partial charge in [-0.25, -0.2) is 13.2 Å². The normalized spacial score (nSPS) is 11.6. The molecule has 0 atom stereocenters. The van der Waals surface area contributed by atoms with Crippen LogP contribution in [0, 0.1) is 17.5 Å². The molecule has 1 N–H and O–H groups in total. The molecule has 0 saturated carbocycles. The van der Waals surface area contributed by atoms with E-state index in [1.165, 1.54) is 0 Å². The van der Waals surface area contributed by atoms with Gasteiger partial charge in [0, 0.05) is 18.7 Å². The second-order valence-corrected chi connectivity index (χ2v) is 3.04. The van der Waals surface area contributed by atoms with Crippen molar-refractivity contribution in [2.24, 2.45) is 0 Å². The van der Waals surface area contributed by atoms with Crippen LogP contribution in [0.2, 0.25) is 0 Å². The van der Waals surface area contributed by atoms with Gasteiger partial charge in [-0.05, 0) is 0 Å². The monoisotopic (exact) mass is 243 g/mol. The molecule has 16 heavy (non-hydrogen) atoms. The SMILES string of the molecule is Fc1cc(F)c(NCCC(F)(F)F)cc1F. The molecule has 1 aromatic rings. The van der Waals surface area contributed by atoms with E-state index < -0.39 is 42.3 Å². The van der Waals surface area contributed by atoms with Crippen molar-refractivity contribution >= 4 is 5.69 Å². The zero-order chi connectivity index (χ0) is 12.3. The van der Waals surface area contributed by atoms with E-state index in [1.54, 1.807) is 0 Å².